The predicted molar refractivity (Wildman–Crippen MR) is 128 cm³/mol. The number of anilines is 1. The third kappa shape index (κ3) is 6.21. The molecular formula is C25H20BrClN2O2. The van der Waals surface area contributed by atoms with Crippen molar-refractivity contribution in [2.45, 2.75) is 20.5 Å². The number of ether oxygens (including phenoxy) is 1. The van der Waals surface area contributed by atoms with Gasteiger partial charge in [0.25, 0.3) is 5.91 Å². The molecule has 1 N–H and O–H groups in total. The summed E-state index contributed by atoms with van der Waals surface area (Å²) in [6, 6.07) is 20.6. The first-order valence-corrected chi connectivity index (χ1v) is 10.7. The molecule has 4 nitrogen and oxygen atoms in total. The molecule has 3 aromatic carbocycles. The number of hydrogen-bond donors (Lipinski definition) is 1. The number of halogens is 2. The number of amides is 1. The van der Waals surface area contributed by atoms with E-state index >= 15 is 0 Å². The van der Waals surface area contributed by atoms with Crippen LogP contribution in [-0.4, -0.2) is 5.91 Å². The Bertz CT molecular complexity index is 1180. The molecule has 0 saturated carbocycles. The zero-order chi connectivity index (χ0) is 22.4. The summed E-state index contributed by atoms with van der Waals surface area (Å²) in [4.78, 5) is 12.7. The molecule has 0 bridgehead atoms. The Balaban J connectivity index is 1.84. The number of rotatable bonds is 6. The topological polar surface area (TPSA) is 62.1 Å². The molecule has 0 aromatic heterocycles. The normalized spacial score (nSPS) is 11.0. The van der Waals surface area contributed by atoms with E-state index in [0.717, 1.165) is 21.2 Å². The number of aryl methyl sites for hydroxylation is 2. The average molecular weight is 496 g/mol. The lowest BCUT2D eigenvalue weighted by Crippen LogP contribution is -2.14. The zero-order valence-electron chi connectivity index (χ0n) is 17.1. The van der Waals surface area contributed by atoms with Gasteiger partial charge in [-0.05, 0) is 73.0 Å². The second-order valence-corrected chi connectivity index (χ2v) is 8.39. The van der Waals surface area contributed by atoms with Crippen LogP contribution in [0.5, 0.6) is 5.75 Å². The highest BCUT2D eigenvalue weighted by molar-refractivity contribution is 9.10. The van der Waals surface area contributed by atoms with Gasteiger partial charge in [-0.3, -0.25) is 4.79 Å². The molecular weight excluding hydrogens is 476 g/mol. The number of carbonyl (C=O) groups is 1. The SMILES string of the molecule is Cc1ccc(C)c(NC(=O)/C(C#N)=C/c2cc(Cl)ccc2OCc2ccc(Br)cc2)c1. The fraction of sp³-hybridized carbons (Fsp3) is 0.120. The summed E-state index contributed by atoms with van der Waals surface area (Å²) < 4.78 is 6.92. The quantitative estimate of drug-likeness (QED) is 0.301. The summed E-state index contributed by atoms with van der Waals surface area (Å²) in [6.45, 7) is 4.18. The first-order chi connectivity index (χ1) is 14.9. The van der Waals surface area contributed by atoms with Gasteiger partial charge in [0.05, 0.1) is 0 Å². The molecule has 0 spiro atoms. The van der Waals surface area contributed by atoms with Gasteiger partial charge in [0.1, 0.15) is 24.0 Å². The Morgan fingerprint density at radius 2 is 1.87 bits per heavy atom. The van der Waals surface area contributed by atoms with Crippen molar-refractivity contribution in [2.24, 2.45) is 0 Å². The first-order valence-electron chi connectivity index (χ1n) is 9.53. The monoisotopic (exact) mass is 494 g/mol. The molecule has 156 valence electrons. The second kappa shape index (κ2) is 10.3. The summed E-state index contributed by atoms with van der Waals surface area (Å²) in [5, 5.41) is 12.9. The van der Waals surface area contributed by atoms with Crippen molar-refractivity contribution in [3.63, 3.8) is 0 Å². The van der Waals surface area contributed by atoms with Gasteiger partial charge in [0, 0.05) is 20.7 Å². The van der Waals surface area contributed by atoms with Crippen molar-refractivity contribution < 1.29 is 9.53 Å². The lowest BCUT2D eigenvalue weighted by atomic mass is 10.1. The Hall–Kier alpha value is -3.07. The molecule has 0 unspecified atom stereocenters. The average Bonchev–Trinajstić information content (AvgIpc) is 2.75. The van der Waals surface area contributed by atoms with E-state index in [1.165, 1.54) is 6.08 Å². The van der Waals surface area contributed by atoms with E-state index in [0.29, 0.717) is 28.6 Å². The summed E-state index contributed by atoms with van der Waals surface area (Å²) in [5.41, 5.74) is 4.10. The number of nitrogens with zero attached hydrogens (tertiary/aromatic N) is 1. The van der Waals surface area contributed by atoms with Crippen molar-refractivity contribution in [1.82, 2.24) is 0 Å². The molecule has 0 heterocycles. The van der Waals surface area contributed by atoms with Crippen LogP contribution in [0.25, 0.3) is 6.08 Å². The van der Waals surface area contributed by atoms with E-state index in [4.69, 9.17) is 16.3 Å². The van der Waals surface area contributed by atoms with E-state index < -0.39 is 5.91 Å². The molecule has 3 aromatic rings. The Kier molecular flexibility index (Phi) is 7.51. The number of carbonyl (C=O) groups excluding carboxylic acids is 1. The highest BCUT2D eigenvalue weighted by Gasteiger charge is 2.13. The third-order valence-corrected chi connectivity index (χ3v) is 5.35. The highest BCUT2D eigenvalue weighted by atomic mass is 79.9. The number of nitriles is 1. The van der Waals surface area contributed by atoms with Crippen molar-refractivity contribution in [1.29, 1.82) is 5.26 Å². The van der Waals surface area contributed by atoms with Crippen molar-refractivity contribution >= 4 is 45.2 Å². The largest absolute Gasteiger partial charge is 0.488 e. The standard InChI is InChI=1S/C25H20BrClN2O2/c1-16-3-4-17(2)23(11-16)29-25(30)20(14-28)12-19-13-22(27)9-10-24(19)31-15-18-5-7-21(26)8-6-18/h3-13H,15H2,1-2H3,(H,29,30)/b20-12+. The lowest BCUT2D eigenvalue weighted by Gasteiger charge is -2.11. The molecule has 0 fully saturated rings. The van der Waals surface area contributed by atoms with E-state index in [1.807, 2.05) is 62.4 Å². The fourth-order valence-electron chi connectivity index (χ4n) is 2.87. The van der Waals surface area contributed by atoms with Gasteiger partial charge in [0.2, 0.25) is 0 Å². The predicted octanol–water partition coefficient (Wildman–Crippen LogP) is 6.84. The van der Waals surface area contributed by atoms with Crippen molar-refractivity contribution in [3.05, 3.63) is 98.0 Å². The number of hydrogen-bond acceptors (Lipinski definition) is 3. The minimum atomic E-state index is -0.491. The molecule has 0 aliphatic carbocycles. The number of nitrogens with one attached hydrogen (secondary N) is 1. The van der Waals surface area contributed by atoms with Gasteiger partial charge in [-0.1, -0.05) is 51.8 Å². The minimum absolute atomic E-state index is 0.0448. The van der Waals surface area contributed by atoms with Crippen LogP contribution in [0.4, 0.5) is 5.69 Å². The van der Waals surface area contributed by atoms with Crippen LogP contribution >= 0.6 is 27.5 Å². The van der Waals surface area contributed by atoms with Crippen LogP contribution in [0, 0.1) is 25.2 Å². The Morgan fingerprint density at radius 3 is 2.58 bits per heavy atom. The molecule has 31 heavy (non-hydrogen) atoms. The van der Waals surface area contributed by atoms with E-state index in [-0.39, 0.29) is 5.57 Å². The molecule has 0 radical (unpaired) electrons. The molecule has 0 atom stereocenters. The highest BCUT2D eigenvalue weighted by Crippen LogP contribution is 2.27. The van der Waals surface area contributed by atoms with Crippen LogP contribution in [0.3, 0.4) is 0 Å². The zero-order valence-corrected chi connectivity index (χ0v) is 19.4. The summed E-state index contributed by atoms with van der Waals surface area (Å²) in [5.74, 6) is 0.0367. The number of benzene rings is 3. The summed E-state index contributed by atoms with van der Waals surface area (Å²) >= 11 is 9.56. The Morgan fingerprint density at radius 1 is 1.13 bits per heavy atom. The molecule has 0 saturated heterocycles. The first kappa shape index (κ1) is 22.6. The molecule has 0 aliphatic heterocycles. The maximum absolute atomic E-state index is 12.7. The Labute approximate surface area is 195 Å². The van der Waals surface area contributed by atoms with E-state index in [2.05, 4.69) is 21.2 Å². The van der Waals surface area contributed by atoms with Crippen LogP contribution in [0.15, 0.2) is 70.7 Å². The minimum Gasteiger partial charge on any atom is -0.488 e. The van der Waals surface area contributed by atoms with Crippen molar-refractivity contribution in [2.75, 3.05) is 5.32 Å². The molecule has 6 heteroatoms. The van der Waals surface area contributed by atoms with Gasteiger partial charge in [-0.2, -0.15) is 5.26 Å². The van der Waals surface area contributed by atoms with Crippen LogP contribution < -0.4 is 10.1 Å². The van der Waals surface area contributed by atoms with Crippen LogP contribution in [0.2, 0.25) is 5.02 Å². The maximum Gasteiger partial charge on any atom is 0.266 e. The van der Waals surface area contributed by atoms with E-state index in [1.54, 1.807) is 18.2 Å². The van der Waals surface area contributed by atoms with Crippen LogP contribution in [-0.2, 0) is 11.4 Å². The summed E-state index contributed by atoms with van der Waals surface area (Å²) in [7, 11) is 0. The van der Waals surface area contributed by atoms with Gasteiger partial charge in [-0.15, -0.1) is 0 Å². The fourth-order valence-corrected chi connectivity index (χ4v) is 3.31. The summed E-state index contributed by atoms with van der Waals surface area (Å²) in [6.07, 6.45) is 1.49. The van der Waals surface area contributed by atoms with E-state index in [9.17, 15) is 10.1 Å². The van der Waals surface area contributed by atoms with Gasteiger partial charge in [0.15, 0.2) is 0 Å². The maximum atomic E-state index is 12.7. The molecule has 0 aliphatic rings. The molecule has 1 amide bonds. The second-order valence-electron chi connectivity index (χ2n) is 7.04. The lowest BCUT2D eigenvalue weighted by molar-refractivity contribution is -0.112. The van der Waals surface area contributed by atoms with Gasteiger partial charge < -0.3 is 10.1 Å². The smallest absolute Gasteiger partial charge is 0.266 e. The molecule has 3 rings (SSSR count). The van der Waals surface area contributed by atoms with Crippen LogP contribution in [0.1, 0.15) is 22.3 Å². The third-order valence-electron chi connectivity index (χ3n) is 4.59. The van der Waals surface area contributed by atoms with Gasteiger partial charge >= 0.3 is 0 Å². The van der Waals surface area contributed by atoms with Gasteiger partial charge in [-0.25, -0.2) is 0 Å². The van der Waals surface area contributed by atoms with Crippen molar-refractivity contribution in [3.8, 4) is 11.8 Å².